The lowest BCUT2D eigenvalue weighted by molar-refractivity contribution is 0.0946. The van der Waals surface area contributed by atoms with E-state index in [9.17, 15) is 4.79 Å². The summed E-state index contributed by atoms with van der Waals surface area (Å²) >= 11 is 3.38. The van der Waals surface area contributed by atoms with Crippen molar-refractivity contribution in [1.82, 2.24) is 10.2 Å². The fourth-order valence-electron chi connectivity index (χ4n) is 2.54. The molecule has 3 N–H and O–H groups in total. The first kappa shape index (κ1) is 15.3. The molecule has 0 saturated carbocycles. The minimum atomic E-state index is -0.0486. The Balaban J connectivity index is 1.88. The molecule has 110 valence electrons. The van der Waals surface area contributed by atoms with Gasteiger partial charge in [0.25, 0.3) is 5.91 Å². The van der Waals surface area contributed by atoms with Crippen LogP contribution in [0.3, 0.4) is 0 Å². The second kappa shape index (κ2) is 7.09. The van der Waals surface area contributed by atoms with Gasteiger partial charge in [-0.25, -0.2) is 0 Å². The average molecular weight is 340 g/mol. The Kier molecular flexibility index (Phi) is 5.43. The van der Waals surface area contributed by atoms with Crippen LogP contribution < -0.4 is 11.1 Å². The number of carbonyl (C=O) groups excluding carboxylic acids is 1. The molecule has 4 nitrogen and oxygen atoms in total. The highest BCUT2D eigenvalue weighted by Gasteiger charge is 2.13. The van der Waals surface area contributed by atoms with E-state index in [0.29, 0.717) is 17.8 Å². The number of likely N-dealkylation sites (tertiary alicyclic amines) is 1. The van der Waals surface area contributed by atoms with Crippen molar-refractivity contribution in [3.63, 3.8) is 0 Å². The van der Waals surface area contributed by atoms with Gasteiger partial charge in [0.15, 0.2) is 0 Å². The predicted molar refractivity (Wildman–Crippen MR) is 85.9 cm³/mol. The van der Waals surface area contributed by atoms with Crippen LogP contribution in [-0.4, -0.2) is 37.0 Å². The third kappa shape index (κ3) is 3.96. The van der Waals surface area contributed by atoms with Gasteiger partial charge in [-0.2, -0.15) is 0 Å². The lowest BCUT2D eigenvalue weighted by atomic mass is 10.1. The van der Waals surface area contributed by atoms with Crippen molar-refractivity contribution in [2.24, 2.45) is 0 Å². The molecule has 0 radical (unpaired) electrons. The zero-order chi connectivity index (χ0) is 14.5. The van der Waals surface area contributed by atoms with Crippen LogP contribution >= 0.6 is 15.9 Å². The van der Waals surface area contributed by atoms with Gasteiger partial charge in [0, 0.05) is 28.8 Å². The number of nitrogens with one attached hydrogen (secondary N) is 1. The summed E-state index contributed by atoms with van der Waals surface area (Å²) in [6.45, 7) is 5.79. The second-order valence-electron chi connectivity index (χ2n) is 5.33. The van der Waals surface area contributed by atoms with E-state index in [0.717, 1.165) is 29.7 Å². The summed E-state index contributed by atoms with van der Waals surface area (Å²) in [5.41, 5.74) is 8.01. The largest absolute Gasteiger partial charge is 0.398 e. The number of nitrogens with zero attached hydrogens (tertiary/aromatic N) is 1. The molecular formula is C15H22BrN3O. The molecular weight excluding hydrogens is 318 g/mol. The summed E-state index contributed by atoms with van der Waals surface area (Å²) in [7, 11) is 0. The van der Waals surface area contributed by atoms with Crippen LogP contribution in [0, 0.1) is 6.92 Å². The number of nitrogens with two attached hydrogens (primary N) is 1. The monoisotopic (exact) mass is 339 g/mol. The van der Waals surface area contributed by atoms with E-state index in [4.69, 9.17) is 5.73 Å². The molecule has 1 saturated heterocycles. The first-order valence-electron chi connectivity index (χ1n) is 7.14. The van der Waals surface area contributed by atoms with E-state index in [2.05, 4.69) is 26.1 Å². The summed E-state index contributed by atoms with van der Waals surface area (Å²) in [4.78, 5) is 14.6. The predicted octanol–water partition coefficient (Wildman–Crippen LogP) is 2.56. The van der Waals surface area contributed by atoms with Crippen LogP contribution in [0.15, 0.2) is 16.6 Å². The summed E-state index contributed by atoms with van der Waals surface area (Å²) in [6.07, 6.45) is 3.88. The number of halogens is 1. The van der Waals surface area contributed by atoms with E-state index in [1.54, 1.807) is 0 Å². The highest BCUT2D eigenvalue weighted by Crippen LogP contribution is 2.22. The average Bonchev–Trinajstić information content (AvgIpc) is 2.44. The standard InChI is InChI=1S/C15H22BrN3O/c1-11-13(9-12(16)10-14(11)17)15(20)18-5-8-19-6-3-2-4-7-19/h9-10H,2-8,17H2,1H3,(H,18,20). The van der Waals surface area contributed by atoms with E-state index in [1.807, 2.05) is 19.1 Å². The number of hydrogen-bond acceptors (Lipinski definition) is 3. The van der Waals surface area contributed by atoms with Gasteiger partial charge in [-0.15, -0.1) is 0 Å². The molecule has 5 heteroatoms. The number of amides is 1. The Morgan fingerprint density at radius 2 is 2.05 bits per heavy atom. The van der Waals surface area contributed by atoms with Crippen molar-refractivity contribution < 1.29 is 4.79 Å². The first-order chi connectivity index (χ1) is 9.58. The molecule has 1 fully saturated rings. The third-order valence-electron chi connectivity index (χ3n) is 3.82. The minimum absolute atomic E-state index is 0.0486. The van der Waals surface area contributed by atoms with Crippen LogP contribution in [0.5, 0.6) is 0 Å². The van der Waals surface area contributed by atoms with Gasteiger partial charge in [-0.05, 0) is 50.6 Å². The van der Waals surface area contributed by atoms with Crippen molar-refractivity contribution >= 4 is 27.5 Å². The van der Waals surface area contributed by atoms with Crippen LogP contribution in [0.2, 0.25) is 0 Å². The fourth-order valence-corrected chi connectivity index (χ4v) is 3.02. The number of piperidine rings is 1. The molecule has 0 atom stereocenters. The number of carbonyl (C=O) groups is 1. The van der Waals surface area contributed by atoms with Gasteiger partial charge < -0.3 is 16.0 Å². The molecule has 0 aromatic heterocycles. The molecule has 0 bridgehead atoms. The molecule has 0 spiro atoms. The topological polar surface area (TPSA) is 58.4 Å². The number of rotatable bonds is 4. The Labute approximate surface area is 128 Å². The Hall–Kier alpha value is -1.07. The fraction of sp³-hybridized carbons (Fsp3) is 0.533. The van der Waals surface area contributed by atoms with Crippen LogP contribution in [0.4, 0.5) is 5.69 Å². The number of nitrogen functional groups attached to an aromatic ring is 1. The summed E-state index contributed by atoms with van der Waals surface area (Å²) < 4.78 is 0.835. The Bertz CT molecular complexity index is 484. The van der Waals surface area contributed by atoms with Crippen molar-refractivity contribution in [2.45, 2.75) is 26.2 Å². The van der Waals surface area contributed by atoms with Gasteiger partial charge in [0.1, 0.15) is 0 Å². The second-order valence-corrected chi connectivity index (χ2v) is 6.24. The molecule has 1 amide bonds. The summed E-state index contributed by atoms with van der Waals surface area (Å²) in [6, 6.07) is 3.64. The van der Waals surface area contributed by atoms with Crippen LogP contribution in [-0.2, 0) is 0 Å². The van der Waals surface area contributed by atoms with E-state index in [-0.39, 0.29) is 5.91 Å². The minimum Gasteiger partial charge on any atom is -0.398 e. The maximum absolute atomic E-state index is 12.2. The van der Waals surface area contributed by atoms with Crippen molar-refractivity contribution in [1.29, 1.82) is 0 Å². The highest BCUT2D eigenvalue weighted by molar-refractivity contribution is 9.10. The van der Waals surface area contributed by atoms with Gasteiger partial charge >= 0.3 is 0 Å². The highest BCUT2D eigenvalue weighted by atomic mass is 79.9. The normalized spacial score (nSPS) is 16.1. The molecule has 1 heterocycles. The maximum atomic E-state index is 12.2. The SMILES string of the molecule is Cc1c(N)cc(Br)cc1C(=O)NCCN1CCCCC1. The molecule has 20 heavy (non-hydrogen) atoms. The third-order valence-corrected chi connectivity index (χ3v) is 4.28. The van der Waals surface area contributed by atoms with E-state index in [1.165, 1.54) is 19.3 Å². The van der Waals surface area contributed by atoms with Gasteiger partial charge in [-0.1, -0.05) is 22.4 Å². The maximum Gasteiger partial charge on any atom is 0.251 e. The molecule has 1 aliphatic rings. The lowest BCUT2D eigenvalue weighted by Crippen LogP contribution is -2.37. The lowest BCUT2D eigenvalue weighted by Gasteiger charge is -2.26. The molecule has 2 rings (SSSR count). The van der Waals surface area contributed by atoms with Crippen LogP contribution in [0.25, 0.3) is 0 Å². The Morgan fingerprint density at radius 1 is 1.35 bits per heavy atom. The van der Waals surface area contributed by atoms with Crippen molar-refractivity contribution in [2.75, 3.05) is 31.9 Å². The molecule has 1 aromatic carbocycles. The van der Waals surface area contributed by atoms with Crippen LogP contribution in [0.1, 0.15) is 35.2 Å². The number of anilines is 1. The van der Waals surface area contributed by atoms with Crippen molar-refractivity contribution in [3.8, 4) is 0 Å². The zero-order valence-electron chi connectivity index (χ0n) is 11.9. The molecule has 1 aliphatic heterocycles. The quantitative estimate of drug-likeness (QED) is 0.829. The summed E-state index contributed by atoms with van der Waals surface area (Å²) in [5, 5.41) is 2.98. The molecule has 0 aliphatic carbocycles. The molecule has 0 unspecified atom stereocenters. The van der Waals surface area contributed by atoms with E-state index >= 15 is 0 Å². The zero-order valence-corrected chi connectivity index (χ0v) is 13.5. The summed E-state index contributed by atoms with van der Waals surface area (Å²) in [5.74, 6) is -0.0486. The van der Waals surface area contributed by atoms with Crippen molar-refractivity contribution in [3.05, 3.63) is 27.7 Å². The van der Waals surface area contributed by atoms with E-state index < -0.39 is 0 Å². The Morgan fingerprint density at radius 3 is 2.75 bits per heavy atom. The van der Waals surface area contributed by atoms with Gasteiger partial charge in [0.2, 0.25) is 0 Å². The smallest absolute Gasteiger partial charge is 0.251 e. The first-order valence-corrected chi connectivity index (χ1v) is 7.93. The molecule has 1 aromatic rings. The van der Waals surface area contributed by atoms with Gasteiger partial charge in [-0.3, -0.25) is 4.79 Å². The van der Waals surface area contributed by atoms with Gasteiger partial charge in [0.05, 0.1) is 0 Å². The number of benzene rings is 1. The number of hydrogen-bond donors (Lipinski definition) is 2.